The molecule has 0 aromatic heterocycles. The zero-order chi connectivity index (χ0) is 9.71. The molecule has 3 unspecified atom stereocenters. The third-order valence-electron chi connectivity index (χ3n) is 3.44. The Morgan fingerprint density at radius 1 is 1.64 bits per heavy atom. The number of carbonyl (C=O) groups excluding carboxylic acids is 1. The van der Waals surface area contributed by atoms with Crippen LogP contribution >= 0.6 is 0 Å². The molecule has 0 aromatic rings. The van der Waals surface area contributed by atoms with Gasteiger partial charge >= 0.3 is 5.97 Å². The summed E-state index contributed by atoms with van der Waals surface area (Å²) in [5, 5.41) is 0. The van der Waals surface area contributed by atoms with Crippen molar-refractivity contribution in [3.8, 4) is 0 Å². The lowest BCUT2D eigenvalue weighted by Gasteiger charge is -2.36. The maximum absolute atomic E-state index is 11.4. The maximum Gasteiger partial charge on any atom is 0.313 e. The van der Waals surface area contributed by atoms with Crippen LogP contribution in [-0.2, 0) is 14.3 Å². The number of carbonyl (C=O) groups is 1. The molecule has 0 spiro atoms. The molecule has 1 saturated heterocycles. The second-order valence-electron chi connectivity index (χ2n) is 4.33. The van der Waals surface area contributed by atoms with Gasteiger partial charge < -0.3 is 9.47 Å². The molecule has 3 nitrogen and oxygen atoms in total. The van der Waals surface area contributed by atoms with Gasteiger partial charge in [0.1, 0.15) is 12.2 Å². The fourth-order valence-electron chi connectivity index (χ4n) is 2.84. The van der Waals surface area contributed by atoms with Crippen LogP contribution in [0, 0.1) is 11.8 Å². The summed E-state index contributed by atoms with van der Waals surface area (Å²) < 4.78 is 11.1. The minimum atomic E-state index is -0.0518. The second kappa shape index (κ2) is 2.83. The lowest BCUT2D eigenvalue weighted by Crippen LogP contribution is -2.47. The predicted molar refractivity (Wildman–Crippen MR) is 49.6 cm³/mol. The first-order valence-corrected chi connectivity index (χ1v) is 5.34. The second-order valence-corrected chi connectivity index (χ2v) is 4.33. The Morgan fingerprint density at radius 3 is 3.21 bits per heavy atom. The van der Waals surface area contributed by atoms with Crippen LogP contribution in [0.3, 0.4) is 0 Å². The van der Waals surface area contributed by atoms with Gasteiger partial charge in [-0.2, -0.15) is 0 Å². The van der Waals surface area contributed by atoms with Crippen molar-refractivity contribution >= 4 is 5.97 Å². The van der Waals surface area contributed by atoms with Crippen molar-refractivity contribution < 1.29 is 14.3 Å². The van der Waals surface area contributed by atoms with Gasteiger partial charge in [-0.05, 0) is 18.4 Å². The van der Waals surface area contributed by atoms with Gasteiger partial charge in [0.05, 0.1) is 5.92 Å². The third-order valence-corrected chi connectivity index (χ3v) is 3.44. The predicted octanol–water partition coefficient (Wildman–Crippen LogP) is 1.28. The van der Waals surface area contributed by atoms with Gasteiger partial charge in [-0.15, -0.1) is 0 Å². The lowest BCUT2D eigenvalue weighted by atomic mass is 9.86. The molecule has 76 valence electrons. The molecule has 0 amide bonds. The van der Waals surface area contributed by atoms with Crippen LogP contribution in [0.1, 0.15) is 19.8 Å². The van der Waals surface area contributed by atoms with Crippen LogP contribution in [0.15, 0.2) is 11.6 Å². The minimum absolute atomic E-state index is 0.00291. The van der Waals surface area contributed by atoms with E-state index in [1.807, 2.05) is 0 Å². The summed E-state index contributed by atoms with van der Waals surface area (Å²) in [6.45, 7) is 2.87. The highest BCUT2D eigenvalue weighted by Crippen LogP contribution is 2.51. The number of hydrogen-bond acceptors (Lipinski definition) is 3. The van der Waals surface area contributed by atoms with Crippen molar-refractivity contribution in [2.75, 3.05) is 6.61 Å². The van der Waals surface area contributed by atoms with Gasteiger partial charge in [0, 0.05) is 12.5 Å². The molecule has 2 aliphatic heterocycles. The average Bonchev–Trinajstić information content (AvgIpc) is 2.70. The summed E-state index contributed by atoms with van der Waals surface area (Å²) in [4.78, 5) is 11.4. The molecule has 1 saturated carbocycles. The molecule has 4 bridgehead atoms. The maximum atomic E-state index is 11.4. The van der Waals surface area contributed by atoms with E-state index in [9.17, 15) is 4.79 Å². The first kappa shape index (κ1) is 8.48. The summed E-state index contributed by atoms with van der Waals surface area (Å²) >= 11 is 0. The van der Waals surface area contributed by atoms with E-state index in [4.69, 9.17) is 9.47 Å². The molecule has 4 rings (SSSR count). The summed E-state index contributed by atoms with van der Waals surface area (Å²) in [5.74, 6) is 0.331. The van der Waals surface area contributed by atoms with E-state index >= 15 is 0 Å². The monoisotopic (exact) mass is 194 g/mol. The normalized spacial score (nSPS) is 42.9. The molecule has 0 radical (unpaired) electrons. The lowest BCUT2D eigenvalue weighted by molar-refractivity contribution is -0.174. The van der Waals surface area contributed by atoms with Gasteiger partial charge in [-0.1, -0.05) is 13.0 Å². The molecule has 0 N–H and O–H groups in total. The van der Waals surface area contributed by atoms with Crippen LogP contribution in [0.5, 0.6) is 0 Å². The molecule has 4 aliphatic rings. The number of fused-ring (bicyclic) bond motifs is 1. The van der Waals surface area contributed by atoms with E-state index in [2.05, 4.69) is 13.0 Å². The van der Waals surface area contributed by atoms with Crippen LogP contribution in [0.4, 0.5) is 0 Å². The van der Waals surface area contributed by atoms with E-state index in [0.29, 0.717) is 5.92 Å². The van der Waals surface area contributed by atoms with E-state index in [1.54, 1.807) is 0 Å². The topological polar surface area (TPSA) is 35.5 Å². The fraction of sp³-hybridized carbons (Fsp3) is 0.727. The third kappa shape index (κ3) is 0.934. The van der Waals surface area contributed by atoms with Crippen molar-refractivity contribution in [3.63, 3.8) is 0 Å². The van der Waals surface area contributed by atoms with Gasteiger partial charge in [0.25, 0.3) is 0 Å². The number of hydrogen-bond donors (Lipinski definition) is 0. The van der Waals surface area contributed by atoms with E-state index in [1.165, 1.54) is 5.57 Å². The number of ether oxygens (including phenoxy) is 2. The Hall–Kier alpha value is -0.830. The summed E-state index contributed by atoms with van der Waals surface area (Å²) in [6, 6.07) is 0. The zero-order valence-corrected chi connectivity index (χ0v) is 8.23. The molecule has 14 heavy (non-hydrogen) atoms. The Kier molecular flexibility index (Phi) is 1.71. The molecular weight excluding hydrogens is 180 g/mol. The van der Waals surface area contributed by atoms with E-state index in [-0.39, 0.29) is 24.1 Å². The molecular formula is C11H14O3. The van der Waals surface area contributed by atoms with Crippen LogP contribution in [0.25, 0.3) is 0 Å². The minimum Gasteiger partial charge on any atom is -0.455 e. The average molecular weight is 194 g/mol. The van der Waals surface area contributed by atoms with Gasteiger partial charge in [-0.3, -0.25) is 4.79 Å². The van der Waals surface area contributed by atoms with Crippen LogP contribution in [-0.4, -0.2) is 24.8 Å². The van der Waals surface area contributed by atoms with Gasteiger partial charge in [-0.25, -0.2) is 0 Å². The van der Waals surface area contributed by atoms with Crippen molar-refractivity contribution in [1.82, 2.24) is 0 Å². The summed E-state index contributed by atoms with van der Waals surface area (Å²) in [6.07, 6.45) is 4.22. The summed E-state index contributed by atoms with van der Waals surface area (Å²) in [7, 11) is 0. The standard InChI is InChI=1S/C11H14O3/c1-2-3-13-10-7-4-6-5-8(7)11(12)14-9(6)10/h5,7-10H,2-4H2,1H3/t7?,8?,9-,10?/m0/s1. The largest absolute Gasteiger partial charge is 0.455 e. The smallest absolute Gasteiger partial charge is 0.313 e. The fourth-order valence-corrected chi connectivity index (χ4v) is 2.84. The molecule has 2 heterocycles. The van der Waals surface area contributed by atoms with Crippen molar-refractivity contribution in [2.24, 2.45) is 11.8 Å². The Labute approximate surface area is 83.1 Å². The van der Waals surface area contributed by atoms with Gasteiger partial charge in [0.15, 0.2) is 0 Å². The molecule has 0 aromatic carbocycles. The highest BCUT2D eigenvalue weighted by molar-refractivity contribution is 5.80. The number of rotatable bonds is 3. The van der Waals surface area contributed by atoms with E-state index in [0.717, 1.165) is 19.4 Å². The Morgan fingerprint density at radius 2 is 2.50 bits per heavy atom. The molecule has 2 aliphatic carbocycles. The van der Waals surface area contributed by atoms with E-state index < -0.39 is 0 Å². The SMILES string of the molecule is CCCOC1C2CC3=CC2C(=O)O[C@@H]31. The molecule has 4 atom stereocenters. The Bertz CT molecular complexity index is 308. The van der Waals surface area contributed by atoms with Crippen molar-refractivity contribution in [2.45, 2.75) is 32.0 Å². The quantitative estimate of drug-likeness (QED) is 0.501. The zero-order valence-electron chi connectivity index (χ0n) is 8.23. The van der Waals surface area contributed by atoms with Crippen molar-refractivity contribution in [3.05, 3.63) is 11.6 Å². The Balaban J connectivity index is 1.81. The highest BCUT2D eigenvalue weighted by Gasteiger charge is 2.57. The van der Waals surface area contributed by atoms with Crippen LogP contribution in [0.2, 0.25) is 0 Å². The van der Waals surface area contributed by atoms with Crippen molar-refractivity contribution in [1.29, 1.82) is 0 Å². The first-order valence-electron chi connectivity index (χ1n) is 5.34. The first-order chi connectivity index (χ1) is 6.81. The highest BCUT2D eigenvalue weighted by atomic mass is 16.6. The van der Waals surface area contributed by atoms with Crippen LogP contribution < -0.4 is 0 Å². The molecule has 3 heteroatoms. The number of esters is 1. The van der Waals surface area contributed by atoms with Gasteiger partial charge in [0.2, 0.25) is 0 Å². The molecule has 2 fully saturated rings. The summed E-state index contributed by atoms with van der Waals surface area (Å²) in [5.41, 5.74) is 1.29.